The fraction of sp³-hybridized carbons (Fsp3) is 0.241. The average Bonchev–Trinajstić information content (AvgIpc) is 3.83. The highest BCUT2D eigenvalue weighted by Crippen LogP contribution is 2.60. The van der Waals surface area contributed by atoms with Gasteiger partial charge in [-0.2, -0.15) is 0 Å². The van der Waals surface area contributed by atoms with Crippen LogP contribution in [-0.4, -0.2) is 0 Å². The summed E-state index contributed by atoms with van der Waals surface area (Å²) in [6.45, 7) is 16.8. The van der Waals surface area contributed by atoms with Gasteiger partial charge in [0, 0.05) is 42.6 Å². The Morgan fingerprint density at radius 3 is 1.95 bits per heavy atom. The third-order valence-electron chi connectivity index (χ3n) is 14.7. The van der Waals surface area contributed by atoms with Gasteiger partial charge in [0.2, 0.25) is 0 Å². The number of thiophene rings is 1. The van der Waals surface area contributed by atoms with E-state index < -0.39 is 0 Å². The molecule has 1 saturated carbocycles. The van der Waals surface area contributed by atoms with Crippen molar-refractivity contribution >= 4 is 54.1 Å². The molecular formula is C58H53NS. The van der Waals surface area contributed by atoms with E-state index in [1.807, 2.05) is 11.3 Å². The van der Waals surface area contributed by atoms with Crippen LogP contribution in [0.3, 0.4) is 0 Å². The highest BCUT2D eigenvalue weighted by atomic mass is 32.1. The summed E-state index contributed by atoms with van der Waals surface area (Å²) in [6.07, 6.45) is 15.1. The first kappa shape index (κ1) is 37.3. The molecule has 1 heterocycles. The lowest BCUT2D eigenvalue weighted by Gasteiger charge is -2.35. The molecule has 4 unspecified atom stereocenters. The topological polar surface area (TPSA) is 3.24 Å². The normalized spacial score (nSPS) is 21.9. The zero-order valence-electron chi connectivity index (χ0n) is 35.8. The second-order valence-electron chi connectivity index (χ2n) is 19.8. The maximum Gasteiger partial charge on any atom is 0.0465 e. The van der Waals surface area contributed by atoms with E-state index in [9.17, 15) is 0 Å². The molecule has 1 aromatic heterocycles. The predicted octanol–water partition coefficient (Wildman–Crippen LogP) is 16.5. The van der Waals surface area contributed by atoms with Gasteiger partial charge in [-0.3, -0.25) is 0 Å². The average molecular weight is 796 g/mol. The Kier molecular flexibility index (Phi) is 8.33. The van der Waals surface area contributed by atoms with Gasteiger partial charge < -0.3 is 4.90 Å². The first-order chi connectivity index (χ1) is 28.9. The predicted molar refractivity (Wildman–Crippen MR) is 259 cm³/mol. The molecular weight excluding hydrogens is 743 g/mol. The Morgan fingerprint density at radius 1 is 0.533 bits per heavy atom. The Bertz CT molecular complexity index is 2970. The van der Waals surface area contributed by atoms with Crippen molar-refractivity contribution < 1.29 is 0 Å². The number of nitrogens with zero attached hydrogens (tertiary/aromatic N) is 1. The number of fused-ring (bicyclic) bond motifs is 9. The first-order valence-corrected chi connectivity index (χ1v) is 22.7. The largest absolute Gasteiger partial charge is 0.310 e. The Morgan fingerprint density at radius 2 is 1.18 bits per heavy atom. The maximum atomic E-state index is 2.61. The third kappa shape index (κ3) is 5.71. The van der Waals surface area contributed by atoms with Crippen molar-refractivity contribution in [2.45, 2.75) is 53.9 Å². The van der Waals surface area contributed by atoms with Crippen LogP contribution in [0.25, 0.3) is 48.0 Å². The van der Waals surface area contributed by atoms with Crippen LogP contribution in [0, 0.1) is 34.5 Å². The Hall–Kier alpha value is -5.70. The molecule has 4 atom stereocenters. The van der Waals surface area contributed by atoms with Crippen LogP contribution < -0.4 is 4.90 Å². The quantitative estimate of drug-likeness (QED) is 0.168. The third-order valence-corrected chi connectivity index (χ3v) is 15.8. The molecule has 11 rings (SSSR count). The molecule has 0 bridgehead atoms. The van der Waals surface area contributed by atoms with Crippen molar-refractivity contribution in [3.05, 3.63) is 192 Å². The summed E-state index contributed by atoms with van der Waals surface area (Å²) in [5.74, 6) is 2.08. The molecule has 0 radical (unpaired) electrons. The van der Waals surface area contributed by atoms with E-state index in [2.05, 4.69) is 223 Å². The number of benzene rings is 6. The molecule has 2 heteroatoms. The summed E-state index contributed by atoms with van der Waals surface area (Å²) in [6, 6.07) is 50.2. The number of anilines is 3. The second kappa shape index (κ2) is 13.4. The summed E-state index contributed by atoms with van der Waals surface area (Å²) < 4.78 is 2.67. The van der Waals surface area contributed by atoms with Gasteiger partial charge in [0.1, 0.15) is 0 Å². The summed E-state index contributed by atoms with van der Waals surface area (Å²) in [4.78, 5) is 2.45. The SMILES string of the molecule is CC(C)(C)C1=CC2C(C=C1)C1C=C(c3ccc(N(c4ccc(-c5cccc6sc7ccccc7c56)cc4)c4ccc5c(c4)C(C)(C)c4ccccc4-5)cc3)C=CC1C2(C)C. The van der Waals surface area contributed by atoms with E-state index in [0.717, 1.165) is 11.4 Å². The molecule has 0 aliphatic heterocycles. The zero-order chi connectivity index (χ0) is 41.1. The smallest absolute Gasteiger partial charge is 0.0465 e. The molecule has 1 nitrogen and oxygen atoms in total. The molecule has 0 saturated heterocycles. The highest BCUT2D eigenvalue weighted by Gasteiger charge is 2.53. The summed E-state index contributed by atoms with van der Waals surface area (Å²) in [5, 5.41) is 2.68. The van der Waals surface area contributed by atoms with Gasteiger partial charge in [-0.1, -0.05) is 170 Å². The number of allylic oxidation sites excluding steroid dienone is 8. The minimum absolute atomic E-state index is 0.0909. The van der Waals surface area contributed by atoms with Crippen molar-refractivity contribution in [1.29, 1.82) is 0 Å². The lowest BCUT2D eigenvalue weighted by Crippen LogP contribution is -2.27. The van der Waals surface area contributed by atoms with Crippen LogP contribution in [0.5, 0.6) is 0 Å². The van der Waals surface area contributed by atoms with Gasteiger partial charge in [-0.25, -0.2) is 0 Å². The minimum atomic E-state index is -0.0909. The van der Waals surface area contributed by atoms with Crippen molar-refractivity contribution in [2.24, 2.45) is 34.5 Å². The fourth-order valence-corrected chi connectivity index (χ4v) is 12.5. The molecule has 0 amide bonds. The van der Waals surface area contributed by atoms with Crippen molar-refractivity contribution in [3.63, 3.8) is 0 Å². The molecule has 60 heavy (non-hydrogen) atoms. The van der Waals surface area contributed by atoms with E-state index in [-0.39, 0.29) is 16.2 Å². The molecule has 0 N–H and O–H groups in total. The molecule has 6 aromatic carbocycles. The number of hydrogen-bond donors (Lipinski definition) is 0. The lowest BCUT2D eigenvalue weighted by molar-refractivity contribution is 0.236. The Labute approximate surface area is 360 Å². The molecule has 1 fully saturated rings. The molecule has 0 spiro atoms. The van der Waals surface area contributed by atoms with Crippen LogP contribution in [-0.2, 0) is 5.41 Å². The second-order valence-corrected chi connectivity index (χ2v) is 20.9. The van der Waals surface area contributed by atoms with Gasteiger partial charge >= 0.3 is 0 Å². The van der Waals surface area contributed by atoms with E-state index in [0.29, 0.717) is 23.7 Å². The van der Waals surface area contributed by atoms with Crippen LogP contribution in [0.4, 0.5) is 17.1 Å². The molecule has 4 aliphatic rings. The van der Waals surface area contributed by atoms with Crippen LogP contribution in [0.1, 0.15) is 65.2 Å². The highest BCUT2D eigenvalue weighted by molar-refractivity contribution is 7.25. The lowest BCUT2D eigenvalue weighted by atomic mass is 9.70. The summed E-state index contributed by atoms with van der Waals surface area (Å²) in [5.41, 5.74) is 15.8. The minimum Gasteiger partial charge on any atom is -0.310 e. The molecule has 4 aliphatic carbocycles. The first-order valence-electron chi connectivity index (χ1n) is 21.8. The number of hydrogen-bond acceptors (Lipinski definition) is 2. The molecule has 7 aromatic rings. The Balaban J connectivity index is 0.974. The van der Waals surface area contributed by atoms with E-state index in [4.69, 9.17) is 0 Å². The monoisotopic (exact) mass is 795 g/mol. The summed E-state index contributed by atoms with van der Waals surface area (Å²) in [7, 11) is 0. The van der Waals surface area contributed by atoms with E-state index in [1.54, 1.807) is 0 Å². The number of rotatable bonds is 5. The summed E-state index contributed by atoms with van der Waals surface area (Å²) >= 11 is 1.88. The van der Waals surface area contributed by atoms with E-state index >= 15 is 0 Å². The van der Waals surface area contributed by atoms with Gasteiger partial charge in [0.05, 0.1) is 0 Å². The molecule has 296 valence electrons. The fourth-order valence-electron chi connectivity index (χ4n) is 11.4. The maximum absolute atomic E-state index is 2.61. The standard InChI is InChI=1S/C58H53NS/c1-56(2,3)39-24-30-46-48-33-38(23-32-50(48)58(6,7)51(46)34-39)36-19-25-40(26-20-36)59(42-29-31-45-44-13-8-10-16-49(44)57(4,5)52(45)35-42)41-27-21-37(22-28-41)43-15-12-18-54-55(43)47-14-9-11-17-53(47)60-54/h8-35,46,48,50-51H,1-7H3. The van der Waals surface area contributed by atoms with Crippen molar-refractivity contribution in [1.82, 2.24) is 0 Å². The van der Waals surface area contributed by atoms with Crippen LogP contribution >= 0.6 is 11.3 Å². The van der Waals surface area contributed by atoms with Gasteiger partial charge in [0.15, 0.2) is 0 Å². The van der Waals surface area contributed by atoms with E-state index in [1.165, 1.54) is 76.0 Å². The van der Waals surface area contributed by atoms with Gasteiger partial charge in [-0.15, -0.1) is 11.3 Å². The van der Waals surface area contributed by atoms with Gasteiger partial charge in [0.25, 0.3) is 0 Å². The van der Waals surface area contributed by atoms with Crippen molar-refractivity contribution in [2.75, 3.05) is 4.90 Å². The van der Waals surface area contributed by atoms with Gasteiger partial charge in [-0.05, 0) is 133 Å². The van der Waals surface area contributed by atoms with Crippen LogP contribution in [0.15, 0.2) is 175 Å². The van der Waals surface area contributed by atoms with Crippen LogP contribution in [0.2, 0.25) is 0 Å². The van der Waals surface area contributed by atoms with Crippen molar-refractivity contribution in [3.8, 4) is 22.3 Å². The zero-order valence-corrected chi connectivity index (χ0v) is 36.6.